The van der Waals surface area contributed by atoms with Gasteiger partial charge in [-0.1, -0.05) is 0 Å². The Labute approximate surface area is 251 Å². The van der Waals surface area contributed by atoms with Crippen LogP contribution in [-0.2, 0) is 21.3 Å². The Morgan fingerprint density at radius 2 is 1.64 bits per heavy atom. The van der Waals surface area contributed by atoms with E-state index in [9.17, 15) is 22.4 Å². The van der Waals surface area contributed by atoms with Gasteiger partial charge >= 0.3 is 12.1 Å². The van der Waals surface area contributed by atoms with Gasteiger partial charge in [0.05, 0.1) is 18.5 Å². The number of hydrogen-bond acceptors (Lipinski definition) is 8. The largest absolute Gasteiger partial charge is 0.457 e. The number of amides is 1. The molecule has 1 fully saturated rings. The van der Waals surface area contributed by atoms with Crippen LogP contribution in [-0.4, -0.2) is 31.7 Å². The molecule has 1 aliphatic carbocycles. The number of rotatable bonds is 9. The minimum Gasteiger partial charge on any atom is -0.457 e. The summed E-state index contributed by atoms with van der Waals surface area (Å²) in [6.45, 7) is 0.0617. The minimum absolute atomic E-state index is 0.0282. The third-order valence-electron chi connectivity index (χ3n) is 7.16. The van der Waals surface area contributed by atoms with Crippen LogP contribution in [0.2, 0.25) is 0 Å². The molecule has 1 aliphatic rings. The lowest BCUT2D eigenvalue weighted by Gasteiger charge is -2.25. The summed E-state index contributed by atoms with van der Waals surface area (Å²) in [4.78, 5) is 28.8. The number of aromatic nitrogens is 1. The van der Waals surface area contributed by atoms with Crippen LogP contribution < -0.4 is 14.8 Å². The van der Waals surface area contributed by atoms with E-state index in [4.69, 9.17) is 19.6 Å². The van der Waals surface area contributed by atoms with Crippen LogP contribution in [0.25, 0.3) is 22.3 Å². The third-order valence-corrected chi connectivity index (χ3v) is 8.29. The highest BCUT2D eigenvalue weighted by Gasteiger charge is 2.34. The van der Waals surface area contributed by atoms with Gasteiger partial charge in [0.25, 0.3) is 0 Å². The number of halogens is 1. The number of hydrogen-bond donors (Lipinski definition) is 1. The molecule has 12 heteroatoms. The molecule has 44 heavy (non-hydrogen) atoms. The molecule has 3 aromatic carbocycles. The second-order valence-corrected chi connectivity index (χ2v) is 12.3. The summed E-state index contributed by atoms with van der Waals surface area (Å²) in [6, 6.07) is 18.9. The number of ether oxygens (including phenoxy) is 2. The second-order valence-electron chi connectivity index (χ2n) is 10.4. The smallest absolute Gasteiger partial charge is 0.412 e. The average molecular weight is 616 g/mol. The maximum Gasteiger partial charge on any atom is 0.412 e. The molecule has 10 nitrogen and oxygen atoms in total. The molecule has 0 radical (unpaired) electrons. The Morgan fingerprint density at radius 3 is 2.23 bits per heavy atom. The standard InChI is InChI=1S/C32H26FN3O7S/c1-44(39,40)36(18-19-12-14-35-15-13-19)27-17-28-26(16-25(27)20-2-3-20)29(31(37)43-32(34)38)30(42-28)21-4-8-23(9-5-21)41-24-10-6-22(33)7-11-24/h4-17,20H,2-3,18H2,1H3,(H2,34,38). The number of sulfonamides is 1. The van der Waals surface area contributed by atoms with Crippen molar-refractivity contribution in [3.63, 3.8) is 0 Å². The average Bonchev–Trinajstić information content (AvgIpc) is 3.76. The van der Waals surface area contributed by atoms with Crippen LogP contribution in [0.3, 0.4) is 0 Å². The Bertz CT molecular complexity index is 1970. The summed E-state index contributed by atoms with van der Waals surface area (Å²) in [5, 5.41) is 0.348. The molecule has 0 bridgehead atoms. The van der Waals surface area contributed by atoms with E-state index < -0.39 is 27.9 Å². The van der Waals surface area contributed by atoms with E-state index in [1.54, 1.807) is 60.9 Å². The number of nitrogens with two attached hydrogens (primary N) is 1. The van der Waals surface area contributed by atoms with Crippen molar-refractivity contribution < 1.29 is 36.3 Å². The number of esters is 1. The summed E-state index contributed by atoms with van der Waals surface area (Å²) < 4.78 is 57.5. The Balaban J connectivity index is 1.47. The first-order valence-corrected chi connectivity index (χ1v) is 15.4. The molecule has 5 aromatic rings. The van der Waals surface area contributed by atoms with Gasteiger partial charge in [0.15, 0.2) is 0 Å². The Kier molecular flexibility index (Phi) is 7.52. The van der Waals surface area contributed by atoms with Gasteiger partial charge in [-0.3, -0.25) is 9.29 Å². The Hall–Kier alpha value is -5.23. The summed E-state index contributed by atoms with van der Waals surface area (Å²) in [5.74, 6) is -0.370. The number of benzene rings is 3. The molecule has 0 saturated heterocycles. The molecule has 0 unspecified atom stereocenters. The number of fused-ring (bicyclic) bond motifs is 1. The van der Waals surface area contributed by atoms with Crippen molar-refractivity contribution in [2.45, 2.75) is 25.3 Å². The molecular formula is C32H26FN3O7S. The fourth-order valence-corrected chi connectivity index (χ4v) is 5.88. The van der Waals surface area contributed by atoms with E-state index in [0.717, 1.165) is 30.2 Å². The van der Waals surface area contributed by atoms with E-state index >= 15 is 0 Å². The molecule has 2 N–H and O–H groups in total. The summed E-state index contributed by atoms with van der Waals surface area (Å²) in [6.07, 6.45) is 4.71. The summed E-state index contributed by atoms with van der Waals surface area (Å²) in [7, 11) is -3.75. The van der Waals surface area contributed by atoms with Crippen molar-refractivity contribution in [1.29, 1.82) is 0 Å². The van der Waals surface area contributed by atoms with Crippen molar-refractivity contribution in [3.8, 4) is 22.8 Å². The van der Waals surface area contributed by atoms with Gasteiger partial charge in [0, 0.05) is 29.4 Å². The molecule has 0 spiro atoms. The fourth-order valence-electron chi connectivity index (χ4n) is 4.98. The van der Waals surface area contributed by atoms with Crippen LogP contribution in [0.15, 0.2) is 89.6 Å². The van der Waals surface area contributed by atoms with Gasteiger partial charge in [-0.15, -0.1) is 0 Å². The van der Waals surface area contributed by atoms with Gasteiger partial charge in [-0.05, 0) is 96.6 Å². The monoisotopic (exact) mass is 615 g/mol. The first-order valence-electron chi connectivity index (χ1n) is 13.6. The van der Waals surface area contributed by atoms with Crippen LogP contribution in [0.1, 0.15) is 40.2 Å². The number of anilines is 1. The third kappa shape index (κ3) is 6.11. The SMILES string of the molecule is CS(=O)(=O)N(Cc1ccncc1)c1cc2oc(-c3ccc(Oc4ccc(F)cc4)cc3)c(C(=O)OC(N)=O)c2cc1C1CC1. The summed E-state index contributed by atoms with van der Waals surface area (Å²) in [5.41, 5.74) is 7.71. The van der Waals surface area contributed by atoms with Crippen LogP contribution in [0.5, 0.6) is 11.5 Å². The lowest BCUT2D eigenvalue weighted by molar-refractivity contribution is 0.0640. The predicted molar refractivity (Wildman–Crippen MR) is 160 cm³/mol. The molecule has 1 saturated carbocycles. The highest BCUT2D eigenvalue weighted by molar-refractivity contribution is 7.92. The van der Waals surface area contributed by atoms with Gasteiger partial charge in [-0.2, -0.15) is 0 Å². The maximum atomic E-state index is 13.3. The maximum absolute atomic E-state index is 13.3. The van der Waals surface area contributed by atoms with Gasteiger partial charge < -0.3 is 19.6 Å². The topological polar surface area (TPSA) is 142 Å². The zero-order chi connectivity index (χ0) is 31.0. The Morgan fingerprint density at radius 1 is 1.00 bits per heavy atom. The number of nitrogens with zero attached hydrogens (tertiary/aromatic N) is 2. The quantitative estimate of drug-likeness (QED) is 0.146. The molecule has 2 aromatic heterocycles. The molecule has 0 aliphatic heterocycles. The molecule has 224 valence electrons. The first kappa shape index (κ1) is 28.9. The van der Waals surface area contributed by atoms with Gasteiger partial charge in [0.1, 0.15) is 34.2 Å². The normalized spacial score (nSPS) is 13.0. The van der Waals surface area contributed by atoms with Crippen molar-refractivity contribution in [1.82, 2.24) is 4.98 Å². The molecule has 0 atom stereocenters. The van der Waals surface area contributed by atoms with E-state index in [2.05, 4.69) is 4.98 Å². The highest BCUT2D eigenvalue weighted by Crippen LogP contribution is 2.48. The zero-order valence-corrected chi connectivity index (χ0v) is 24.2. The highest BCUT2D eigenvalue weighted by atomic mass is 32.2. The lowest BCUT2D eigenvalue weighted by Crippen LogP contribution is -2.30. The van der Waals surface area contributed by atoms with E-state index in [1.807, 2.05) is 0 Å². The molecule has 1 amide bonds. The van der Waals surface area contributed by atoms with Crippen molar-refractivity contribution in [2.24, 2.45) is 5.73 Å². The van der Waals surface area contributed by atoms with Crippen LogP contribution >= 0.6 is 0 Å². The first-order chi connectivity index (χ1) is 21.1. The zero-order valence-electron chi connectivity index (χ0n) is 23.4. The molecule has 2 heterocycles. The number of primary amides is 1. The lowest BCUT2D eigenvalue weighted by atomic mass is 10.0. The molecular weight excluding hydrogens is 589 g/mol. The summed E-state index contributed by atoms with van der Waals surface area (Å²) >= 11 is 0. The second kappa shape index (κ2) is 11.5. The van der Waals surface area contributed by atoms with E-state index in [-0.39, 0.29) is 29.4 Å². The number of carbonyl (C=O) groups excluding carboxylic acids is 2. The number of pyridine rings is 1. The number of carbonyl (C=O) groups is 2. The van der Waals surface area contributed by atoms with Crippen molar-refractivity contribution in [2.75, 3.05) is 10.6 Å². The van der Waals surface area contributed by atoms with E-state index in [0.29, 0.717) is 28.1 Å². The van der Waals surface area contributed by atoms with E-state index in [1.165, 1.54) is 28.6 Å². The van der Waals surface area contributed by atoms with Crippen LogP contribution in [0.4, 0.5) is 14.9 Å². The fraction of sp³-hybridized carbons (Fsp3) is 0.156. The minimum atomic E-state index is -3.75. The number of furan rings is 1. The van der Waals surface area contributed by atoms with Crippen LogP contribution in [0, 0.1) is 5.82 Å². The molecule has 6 rings (SSSR count). The van der Waals surface area contributed by atoms with Gasteiger partial charge in [0.2, 0.25) is 10.0 Å². The van der Waals surface area contributed by atoms with Crippen molar-refractivity contribution in [3.05, 3.63) is 108 Å². The van der Waals surface area contributed by atoms with Crippen molar-refractivity contribution >= 4 is 38.7 Å². The predicted octanol–water partition coefficient (Wildman–Crippen LogP) is 6.51. The van der Waals surface area contributed by atoms with Gasteiger partial charge in [-0.25, -0.2) is 22.4 Å².